The molecule has 2 amide bonds. The molecule has 0 saturated heterocycles. The van der Waals surface area contributed by atoms with Crippen LogP contribution in [0.5, 0.6) is 0 Å². The van der Waals surface area contributed by atoms with E-state index in [0.29, 0.717) is 11.6 Å². The van der Waals surface area contributed by atoms with Crippen LogP contribution in [0.3, 0.4) is 0 Å². The van der Waals surface area contributed by atoms with Crippen molar-refractivity contribution in [1.82, 2.24) is 9.88 Å². The first-order valence-electron chi connectivity index (χ1n) is 7.18. The van der Waals surface area contributed by atoms with E-state index in [9.17, 15) is 18.0 Å². The van der Waals surface area contributed by atoms with Gasteiger partial charge in [-0.3, -0.25) is 5.32 Å². The van der Waals surface area contributed by atoms with Crippen molar-refractivity contribution in [3.8, 4) is 0 Å². The molecule has 0 atom stereocenters. The number of carbonyl (C=O) groups excluding carboxylic acids is 1. The zero-order chi connectivity index (χ0) is 17.3. The Kier molecular flexibility index (Phi) is 4.69. The number of halogens is 4. The molecule has 24 heavy (non-hydrogen) atoms. The van der Waals surface area contributed by atoms with Crippen LogP contribution in [-0.4, -0.2) is 22.0 Å². The molecule has 1 aliphatic rings. The predicted octanol–water partition coefficient (Wildman–Crippen LogP) is 5.01. The molecule has 1 saturated carbocycles. The van der Waals surface area contributed by atoms with E-state index in [1.54, 1.807) is 17.0 Å². The Labute approximate surface area is 145 Å². The summed E-state index contributed by atoms with van der Waals surface area (Å²) in [5.74, 6) is 0. The third kappa shape index (κ3) is 4.18. The van der Waals surface area contributed by atoms with Crippen molar-refractivity contribution in [2.75, 3.05) is 5.32 Å². The van der Waals surface area contributed by atoms with Gasteiger partial charge in [0.15, 0.2) is 10.8 Å². The van der Waals surface area contributed by atoms with Crippen LogP contribution < -0.4 is 5.32 Å². The number of thiazole rings is 1. The second kappa shape index (κ2) is 6.60. The number of anilines is 1. The van der Waals surface area contributed by atoms with Crippen molar-refractivity contribution < 1.29 is 18.0 Å². The third-order valence-corrected chi connectivity index (χ3v) is 4.53. The molecular weight excluding hydrogens is 363 g/mol. The lowest BCUT2D eigenvalue weighted by atomic mass is 10.2. The Hall–Kier alpha value is -1.80. The van der Waals surface area contributed by atoms with Crippen molar-refractivity contribution in [2.45, 2.75) is 31.6 Å². The van der Waals surface area contributed by atoms with Crippen LogP contribution in [0.4, 0.5) is 23.1 Å². The van der Waals surface area contributed by atoms with E-state index in [1.165, 1.54) is 0 Å². The first-order chi connectivity index (χ1) is 11.3. The SMILES string of the molecule is O=C(Nc1nc(C(F)(F)F)cs1)N(Cc1ccc(Cl)cc1)C1CC1. The lowest BCUT2D eigenvalue weighted by Crippen LogP contribution is -2.36. The van der Waals surface area contributed by atoms with Crippen molar-refractivity contribution >= 4 is 34.1 Å². The zero-order valence-electron chi connectivity index (χ0n) is 12.3. The number of carbonyl (C=O) groups is 1. The molecule has 4 nitrogen and oxygen atoms in total. The van der Waals surface area contributed by atoms with Crippen molar-refractivity contribution in [3.05, 3.63) is 45.9 Å². The third-order valence-electron chi connectivity index (χ3n) is 3.52. The molecule has 0 spiro atoms. The average molecular weight is 376 g/mol. The Morgan fingerprint density at radius 1 is 1.33 bits per heavy atom. The lowest BCUT2D eigenvalue weighted by molar-refractivity contribution is -0.140. The zero-order valence-corrected chi connectivity index (χ0v) is 13.9. The van der Waals surface area contributed by atoms with Gasteiger partial charge in [0.05, 0.1) is 0 Å². The minimum Gasteiger partial charge on any atom is -0.317 e. The standard InChI is InChI=1S/C15H13ClF3N3OS/c16-10-3-1-9(2-4-10)7-22(11-5-6-11)14(23)21-13-20-12(8-24-13)15(17,18)19/h1-4,8,11H,5-7H2,(H,20,21,23). The van der Waals surface area contributed by atoms with E-state index < -0.39 is 17.9 Å². The van der Waals surface area contributed by atoms with E-state index >= 15 is 0 Å². The quantitative estimate of drug-likeness (QED) is 0.816. The van der Waals surface area contributed by atoms with Crippen LogP contribution >= 0.6 is 22.9 Å². The largest absolute Gasteiger partial charge is 0.434 e. The van der Waals surface area contributed by atoms with E-state index in [4.69, 9.17) is 11.6 Å². The molecule has 0 unspecified atom stereocenters. The van der Waals surface area contributed by atoms with Crippen LogP contribution in [0, 0.1) is 0 Å². The Morgan fingerprint density at radius 2 is 2.00 bits per heavy atom. The molecule has 1 aliphatic carbocycles. The van der Waals surface area contributed by atoms with Gasteiger partial charge in [0, 0.05) is 23.0 Å². The molecule has 0 radical (unpaired) electrons. The second-order valence-corrected chi connectivity index (χ2v) is 6.75. The maximum Gasteiger partial charge on any atom is 0.434 e. The second-order valence-electron chi connectivity index (χ2n) is 5.45. The molecule has 2 aromatic rings. The Balaban J connectivity index is 1.68. The molecule has 1 aromatic carbocycles. The highest BCUT2D eigenvalue weighted by molar-refractivity contribution is 7.13. The average Bonchev–Trinajstić information content (AvgIpc) is 3.23. The minimum atomic E-state index is -4.51. The van der Waals surface area contributed by atoms with E-state index in [-0.39, 0.29) is 11.2 Å². The summed E-state index contributed by atoms with van der Waals surface area (Å²) in [6, 6.07) is 6.75. The Morgan fingerprint density at radius 3 is 2.54 bits per heavy atom. The number of amides is 2. The van der Waals surface area contributed by atoms with E-state index in [0.717, 1.165) is 35.1 Å². The number of urea groups is 1. The number of hydrogen-bond donors (Lipinski definition) is 1. The summed E-state index contributed by atoms with van der Waals surface area (Å²) < 4.78 is 37.7. The summed E-state index contributed by atoms with van der Waals surface area (Å²) >= 11 is 6.60. The molecule has 1 heterocycles. The number of nitrogens with one attached hydrogen (secondary N) is 1. The normalized spacial score (nSPS) is 14.5. The highest BCUT2D eigenvalue weighted by Crippen LogP contribution is 2.33. The van der Waals surface area contributed by atoms with Crippen molar-refractivity contribution in [3.63, 3.8) is 0 Å². The fourth-order valence-electron chi connectivity index (χ4n) is 2.16. The summed E-state index contributed by atoms with van der Waals surface area (Å²) in [5.41, 5.74) is -0.102. The first kappa shape index (κ1) is 17.0. The van der Waals surface area contributed by atoms with Gasteiger partial charge >= 0.3 is 12.2 Å². The fourth-order valence-corrected chi connectivity index (χ4v) is 3.00. The maximum absolute atomic E-state index is 12.6. The first-order valence-corrected chi connectivity index (χ1v) is 8.43. The van der Waals surface area contributed by atoms with Gasteiger partial charge in [-0.25, -0.2) is 9.78 Å². The van der Waals surface area contributed by atoms with E-state index in [2.05, 4.69) is 10.3 Å². The van der Waals surface area contributed by atoms with Crippen LogP contribution in [-0.2, 0) is 12.7 Å². The highest BCUT2D eigenvalue weighted by Gasteiger charge is 2.35. The van der Waals surface area contributed by atoms with Gasteiger partial charge in [-0.15, -0.1) is 11.3 Å². The van der Waals surface area contributed by atoms with Crippen LogP contribution in [0.15, 0.2) is 29.6 Å². The monoisotopic (exact) mass is 375 g/mol. The lowest BCUT2D eigenvalue weighted by Gasteiger charge is -2.22. The van der Waals surface area contributed by atoms with Gasteiger partial charge in [0.1, 0.15) is 0 Å². The van der Waals surface area contributed by atoms with Gasteiger partial charge in [-0.1, -0.05) is 23.7 Å². The summed E-state index contributed by atoms with van der Waals surface area (Å²) in [7, 11) is 0. The van der Waals surface area contributed by atoms with Gasteiger partial charge in [0.2, 0.25) is 0 Å². The van der Waals surface area contributed by atoms with Crippen molar-refractivity contribution in [1.29, 1.82) is 0 Å². The van der Waals surface area contributed by atoms with Gasteiger partial charge < -0.3 is 4.90 Å². The topological polar surface area (TPSA) is 45.2 Å². The summed E-state index contributed by atoms with van der Waals surface area (Å²) in [6.07, 6.45) is -2.75. The van der Waals surface area contributed by atoms with Crippen molar-refractivity contribution in [2.24, 2.45) is 0 Å². The number of aromatic nitrogens is 1. The molecule has 9 heteroatoms. The Bertz CT molecular complexity index is 728. The fraction of sp³-hybridized carbons (Fsp3) is 0.333. The van der Waals surface area contributed by atoms with Gasteiger partial charge in [0.25, 0.3) is 0 Å². The van der Waals surface area contributed by atoms with Crippen LogP contribution in [0.25, 0.3) is 0 Å². The molecule has 1 aromatic heterocycles. The maximum atomic E-state index is 12.6. The molecule has 0 aliphatic heterocycles. The highest BCUT2D eigenvalue weighted by atomic mass is 35.5. The van der Waals surface area contributed by atoms with Crippen LogP contribution in [0.1, 0.15) is 24.1 Å². The number of benzene rings is 1. The van der Waals surface area contributed by atoms with Crippen LogP contribution in [0.2, 0.25) is 5.02 Å². The molecule has 1 N–H and O–H groups in total. The van der Waals surface area contributed by atoms with Gasteiger partial charge in [-0.2, -0.15) is 13.2 Å². The molecule has 0 bridgehead atoms. The van der Waals surface area contributed by atoms with Gasteiger partial charge in [-0.05, 0) is 30.5 Å². The number of alkyl halides is 3. The van der Waals surface area contributed by atoms with E-state index in [1.807, 2.05) is 12.1 Å². The molecular formula is C15H13ClF3N3OS. The summed E-state index contributed by atoms with van der Waals surface area (Å²) in [6.45, 7) is 0.366. The number of hydrogen-bond acceptors (Lipinski definition) is 3. The molecule has 128 valence electrons. The summed E-state index contributed by atoms with van der Waals surface area (Å²) in [5, 5.41) is 3.88. The number of rotatable bonds is 4. The summed E-state index contributed by atoms with van der Waals surface area (Å²) in [4.78, 5) is 17.4. The minimum absolute atomic E-state index is 0.0610. The predicted molar refractivity (Wildman–Crippen MR) is 86.2 cm³/mol. The molecule has 1 fully saturated rings. The number of nitrogens with zero attached hydrogens (tertiary/aromatic N) is 2. The smallest absolute Gasteiger partial charge is 0.317 e. The molecule has 3 rings (SSSR count).